The van der Waals surface area contributed by atoms with Crippen LogP contribution in [0.4, 0.5) is 0 Å². The Morgan fingerprint density at radius 3 is 2.80 bits per heavy atom. The van der Waals surface area contributed by atoms with E-state index in [1.165, 1.54) is 12.5 Å². The maximum Gasteiger partial charge on any atom is 0.328 e. The molecule has 0 saturated carbocycles. The normalized spacial score (nSPS) is 11.2. The van der Waals surface area contributed by atoms with Crippen molar-refractivity contribution < 1.29 is 14.6 Å². The molecule has 3 nitrogen and oxygen atoms in total. The number of benzene rings is 1. The summed E-state index contributed by atoms with van der Waals surface area (Å²) < 4.78 is 5.23. The van der Waals surface area contributed by atoms with Gasteiger partial charge in [-0.1, -0.05) is 19.9 Å². The summed E-state index contributed by atoms with van der Waals surface area (Å²) in [6.07, 6.45) is 4.00. The standard InChI is InChI=1S/C16H22O3S/c1-12(2)8-9-20-11-14-10-15(19-3)6-4-13(14)5-7-16(17)18/h4-7,10,12H,8-9,11H2,1-3H3,(H,17,18)/b7-5+. The number of ether oxygens (including phenoxy) is 1. The molecular formula is C16H22O3S. The lowest BCUT2D eigenvalue weighted by Gasteiger charge is -2.09. The number of hydrogen-bond acceptors (Lipinski definition) is 3. The van der Waals surface area contributed by atoms with E-state index in [0.717, 1.165) is 28.4 Å². The Kier molecular flexibility index (Phi) is 7.23. The molecule has 0 heterocycles. The first-order valence-corrected chi connectivity index (χ1v) is 7.84. The van der Waals surface area contributed by atoms with Crippen molar-refractivity contribution in [1.82, 2.24) is 0 Å². The van der Waals surface area contributed by atoms with Crippen molar-refractivity contribution in [2.45, 2.75) is 26.0 Å². The van der Waals surface area contributed by atoms with Gasteiger partial charge in [0.2, 0.25) is 0 Å². The highest BCUT2D eigenvalue weighted by molar-refractivity contribution is 7.98. The Morgan fingerprint density at radius 1 is 1.45 bits per heavy atom. The molecule has 0 bridgehead atoms. The molecular weight excluding hydrogens is 272 g/mol. The number of carboxylic acids is 1. The van der Waals surface area contributed by atoms with Crippen LogP contribution in [0.3, 0.4) is 0 Å². The van der Waals surface area contributed by atoms with Crippen molar-refractivity contribution in [2.24, 2.45) is 5.92 Å². The molecule has 1 rings (SSSR count). The van der Waals surface area contributed by atoms with Crippen molar-refractivity contribution in [3.63, 3.8) is 0 Å². The second kappa shape index (κ2) is 8.69. The first-order valence-electron chi connectivity index (χ1n) is 6.68. The minimum atomic E-state index is -0.931. The highest BCUT2D eigenvalue weighted by atomic mass is 32.2. The third-order valence-electron chi connectivity index (χ3n) is 2.85. The van der Waals surface area contributed by atoms with Gasteiger partial charge in [0, 0.05) is 11.8 Å². The van der Waals surface area contributed by atoms with Crippen LogP contribution in [0.15, 0.2) is 24.3 Å². The van der Waals surface area contributed by atoms with Gasteiger partial charge >= 0.3 is 5.97 Å². The summed E-state index contributed by atoms with van der Waals surface area (Å²) in [6, 6.07) is 5.73. The van der Waals surface area contributed by atoms with Gasteiger partial charge in [0.05, 0.1) is 7.11 Å². The second-order valence-electron chi connectivity index (χ2n) is 4.97. The fraction of sp³-hybridized carbons (Fsp3) is 0.438. The van der Waals surface area contributed by atoms with E-state index in [1.807, 2.05) is 30.0 Å². The summed E-state index contributed by atoms with van der Waals surface area (Å²) in [7, 11) is 1.64. The number of carboxylic acid groups (broad SMARTS) is 1. The Hall–Kier alpha value is -1.42. The fourth-order valence-corrected chi connectivity index (χ4v) is 2.91. The lowest BCUT2D eigenvalue weighted by Crippen LogP contribution is -1.94. The first-order chi connectivity index (χ1) is 9.52. The number of methoxy groups -OCH3 is 1. The maximum absolute atomic E-state index is 10.6. The predicted octanol–water partition coefficient (Wildman–Crippen LogP) is 4.07. The minimum absolute atomic E-state index is 0.708. The topological polar surface area (TPSA) is 46.5 Å². The number of aliphatic carboxylic acids is 1. The molecule has 0 radical (unpaired) electrons. The van der Waals surface area contributed by atoms with Gasteiger partial charge in [0.25, 0.3) is 0 Å². The van der Waals surface area contributed by atoms with Crippen LogP contribution < -0.4 is 4.74 Å². The summed E-state index contributed by atoms with van der Waals surface area (Å²) in [4.78, 5) is 10.6. The number of thioether (sulfide) groups is 1. The molecule has 0 aliphatic heterocycles. The number of rotatable bonds is 8. The molecule has 1 aromatic carbocycles. The zero-order chi connectivity index (χ0) is 15.0. The number of hydrogen-bond donors (Lipinski definition) is 1. The molecule has 0 spiro atoms. The Bertz CT molecular complexity index is 467. The van der Waals surface area contributed by atoms with E-state index in [9.17, 15) is 4.79 Å². The molecule has 1 aromatic rings. The monoisotopic (exact) mass is 294 g/mol. The van der Waals surface area contributed by atoms with Crippen molar-refractivity contribution in [3.8, 4) is 5.75 Å². The van der Waals surface area contributed by atoms with Crippen LogP contribution in [-0.4, -0.2) is 23.9 Å². The molecule has 0 unspecified atom stereocenters. The van der Waals surface area contributed by atoms with E-state index >= 15 is 0 Å². The third-order valence-corrected chi connectivity index (χ3v) is 3.89. The molecule has 110 valence electrons. The quantitative estimate of drug-likeness (QED) is 0.580. The van der Waals surface area contributed by atoms with Gasteiger partial charge in [0.15, 0.2) is 0 Å². The summed E-state index contributed by atoms with van der Waals surface area (Å²) in [5, 5.41) is 8.72. The van der Waals surface area contributed by atoms with Crippen LogP contribution >= 0.6 is 11.8 Å². The molecule has 0 aliphatic rings. The van der Waals surface area contributed by atoms with Crippen LogP contribution in [0.2, 0.25) is 0 Å². The highest BCUT2D eigenvalue weighted by Crippen LogP contribution is 2.24. The van der Waals surface area contributed by atoms with Crippen LogP contribution in [0.25, 0.3) is 6.08 Å². The van der Waals surface area contributed by atoms with Gasteiger partial charge in [-0.25, -0.2) is 4.79 Å². The summed E-state index contributed by atoms with van der Waals surface area (Å²) in [5.41, 5.74) is 2.04. The SMILES string of the molecule is COc1ccc(/C=C/C(=O)O)c(CSCCC(C)C)c1. The van der Waals surface area contributed by atoms with E-state index in [0.29, 0.717) is 5.92 Å². The van der Waals surface area contributed by atoms with Crippen LogP contribution in [0, 0.1) is 5.92 Å². The van der Waals surface area contributed by atoms with E-state index in [4.69, 9.17) is 9.84 Å². The maximum atomic E-state index is 10.6. The van der Waals surface area contributed by atoms with Crippen molar-refractivity contribution in [3.05, 3.63) is 35.4 Å². The summed E-state index contributed by atoms with van der Waals surface area (Å²) in [5.74, 6) is 2.55. The van der Waals surface area contributed by atoms with Gasteiger partial charge in [-0.15, -0.1) is 0 Å². The molecule has 0 fully saturated rings. The van der Waals surface area contributed by atoms with Crippen molar-refractivity contribution in [2.75, 3.05) is 12.9 Å². The summed E-state index contributed by atoms with van der Waals surface area (Å²) in [6.45, 7) is 4.43. The van der Waals surface area contributed by atoms with E-state index in [2.05, 4.69) is 13.8 Å². The van der Waals surface area contributed by atoms with Crippen molar-refractivity contribution >= 4 is 23.8 Å². The summed E-state index contributed by atoms with van der Waals surface area (Å²) >= 11 is 1.87. The lowest BCUT2D eigenvalue weighted by molar-refractivity contribution is -0.131. The molecule has 20 heavy (non-hydrogen) atoms. The van der Waals surface area contributed by atoms with Crippen LogP contribution in [0.1, 0.15) is 31.4 Å². The number of carbonyl (C=O) groups is 1. The Labute approximate surface area is 125 Å². The Morgan fingerprint density at radius 2 is 2.20 bits per heavy atom. The van der Waals surface area contributed by atoms with Crippen molar-refractivity contribution in [1.29, 1.82) is 0 Å². The highest BCUT2D eigenvalue weighted by Gasteiger charge is 2.04. The first kappa shape index (κ1) is 16.6. The molecule has 4 heteroatoms. The minimum Gasteiger partial charge on any atom is -0.497 e. The second-order valence-corrected chi connectivity index (χ2v) is 6.08. The lowest BCUT2D eigenvalue weighted by atomic mass is 10.1. The van der Waals surface area contributed by atoms with Gasteiger partial charge in [-0.2, -0.15) is 11.8 Å². The van der Waals surface area contributed by atoms with Gasteiger partial charge < -0.3 is 9.84 Å². The molecule has 0 atom stereocenters. The molecule has 0 aliphatic carbocycles. The molecule has 0 aromatic heterocycles. The van der Waals surface area contributed by atoms with Gasteiger partial charge in [-0.3, -0.25) is 0 Å². The average molecular weight is 294 g/mol. The Balaban J connectivity index is 2.75. The fourth-order valence-electron chi connectivity index (χ4n) is 1.66. The molecule has 0 saturated heterocycles. The third kappa shape index (κ3) is 6.15. The van der Waals surface area contributed by atoms with E-state index in [-0.39, 0.29) is 0 Å². The largest absolute Gasteiger partial charge is 0.497 e. The van der Waals surface area contributed by atoms with Crippen LogP contribution in [0.5, 0.6) is 5.75 Å². The van der Waals surface area contributed by atoms with E-state index in [1.54, 1.807) is 13.2 Å². The van der Waals surface area contributed by atoms with Crippen LogP contribution in [-0.2, 0) is 10.5 Å². The smallest absolute Gasteiger partial charge is 0.328 e. The molecule has 1 N–H and O–H groups in total. The average Bonchev–Trinajstić information content (AvgIpc) is 2.41. The zero-order valence-electron chi connectivity index (χ0n) is 12.3. The van der Waals surface area contributed by atoms with Gasteiger partial charge in [0.1, 0.15) is 5.75 Å². The van der Waals surface area contributed by atoms with Gasteiger partial charge in [-0.05, 0) is 47.4 Å². The predicted molar refractivity (Wildman–Crippen MR) is 85.3 cm³/mol. The van der Waals surface area contributed by atoms with E-state index < -0.39 is 5.97 Å². The zero-order valence-corrected chi connectivity index (χ0v) is 13.1. The molecule has 0 amide bonds.